The van der Waals surface area contributed by atoms with Crippen LogP contribution in [0, 0.1) is 11.6 Å². The predicted molar refractivity (Wildman–Crippen MR) is 122 cm³/mol. The number of aromatic nitrogens is 1. The number of carbonyl (C=O) groups is 2. The molecule has 0 saturated heterocycles. The normalized spacial score (nSPS) is 12.9. The number of amides is 2. The highest BCUT2D eigenvalue weighted by atomic mass is 19.1. The van der Waals surface area contributed by atoms with Gasteiger partial charge in [0.1, 0.15) is 11.6 Å². The highest BCUT2D eigenvalue weighted by Gasteiger charge is 2.30. The van der Waals surface area contributed by atoms with Gasteiger partial charge in [-0.2, -0.15) is 0 Å². The van der Waals surface area contributed by atoms with Crippen LogP contribution < -0.4 is 10.6 Å². The third kappa shape index (κ3) is 4.23. The lowest BCUT2D eigenvalue weighted by Gasteiger charge is -2.24. The van der Waals surface area contributed by atoms with E-state index in [0.717, 1.165) is 11.1 Å². The number of carbonyl (C=O) groups excluding carboxylic acids is 2. The van der Waals surface area contributed by atoms with Crippen LogP contribution >= 0.6 is 0 Å². The molecular formula is C26H25F2N3O2. The van der Waals surface area contributed by atoms with Crippen LogP contribution in [0.3, 0.4) is 0 Å². The molecule has 7 heteroatoms. The second-order valence-corrected chi connectivity index (χ2v) is 8.63. The lowest BCUT2D eigenvalue weighted by Crippen LogP contribution is -2.39. The molecule has 4 rings (SSSR count). The van der Waals surface area contributed by atoms with Crippen molar-refractivity contribution in [1.29, 1.82) is 0 Å². The Bertz CT molecular complexity index is 1220. The zero-order valence-electron chi connectivity index (χ0n) is 18.8. The van der Waals surface area contributed by atoms with Gasteiger partial charge < -0.3 is 10.6 Å². The number of nitrogens with one attached hydrogen (secondary N) is 2. The summed E-state index contributed by atoms with van der Waals surface area (Å²) in [5.74, 6) is -1.72. The predicted octanol–water partition coefficient (Wildman–Crippen LogP) is 4.27. The lowest BCUT2D eigenvalue weighted by atomic mass is 9.83. The second-order valence-electron chi connectivity index (χ2n) is 8.63. The monoisotopic (exact) mass is 449 g/mol. The van der Waals surface area contributed by atoms with Gasteiger partial charge in [0.25, 0.3) is 5.91 Å². The molecule has 170 valence electrons. The van der Waals surface area contributed by atoms with Gasteiger partial charge in [0, 0.05) is 6.54 Å². The SMILES string of the molecule is CCNC(=O)C(C)(C)c1ccc(Cc2cc(-c3c(F)cccc3F)nc3c2C(=O)NC3)cc1. The highest BCUT2D eigenvalue weighted by Crippen LogP contribution is 2.31. The molecule has 3 aromatic rings. The molecule has 0 atom stereocenters. The fraction of sp³-hybridized carbons (Fsp3) is 0.269. The average molecular weight is 450 g/mol. The number of hydrogen-bond acceptors (Lipinski definition) is 3. The molecule has 5 nitrogen and oxygen atoms in total. The van der Waals surface area contributed by atoms with E-state index in [9.17, 15) is 18.4 Å². The van der Waals surface area contributed by atoms with Crippen molar-refractivity contribution in [2.24, 2.45) is 0 Å². The molecule has 0 fully saturated rings. The first-order valence-corrected chi connectivity index (χ1v) is 10.9. The highest BCUT2D eigenvalue weighted by molar-refractivity contribution is 5.99. The van der Waals surface area contributed by atoms with Crippen molar-refractivity contribution in [2.45, 2.75) is 39.2 Å². The first-order chi connectivity index (χ1) is 15.7. The summed E-state index contributed by atoms with van der Waals surface area (Å²) in [6.07, 6.45) is 0.378. The third-order valence-corrected chi connectivity index (χ3v) is 6.01. The molecule has 0 aliphatic carbocycles. The Labute approximate surface area is 191 Å². The lowest BCUT2D eigenvalue weighted by molar-refractivity contribution is -0.125. The molecule has 1 aliphatic heterocycles. The number of nitrogens with zero attached hydrogens (tertiary/aromatic N) is 1. The Kier molecular flexibility index (Phi) is 5.97. The van der Waals surface area contributed by atoms with Gasteiger partial charge in [-0.05, 0) is 62.1 Å². The van der Waals surface area contributed by atoms with Gasteiger partial charge in [0.15, 0.2) is 0 Å². The number of rotatable bonds is 6. The Morgan fingerprint density at radius 1 is 1.09 bits per heavy atom. The minimum Gasteiger partial charge on any atom is -0.356 e. The number of fused-ring (bicyclic) bond motifs is 1. The van der Waals surface area contributed by atoms with Crippen LogP contribution in [0.2, 0.25) is 0 Å². The van der Waals surface area contributed by atoms with Gasteiger partial charge in [-0.25, -0.2) is 13.8 Å². The van der Waals surface area contributed by atoms with Crippen molar-refractivity contribution >= 4 is 11.8 Å². The zero-order valence-corrected chi connectivity index (χ0v) is 18.8. The van der Waals surface area contributed by atoms with E-state index in [4.69, 9.17) is 0 Å². The van der Waals surface area contributed by atoms with E-state index >= 15 is 0 Å². The van der Waals surface area contributed by atoms with Crippen molar-refractivity contribution in [3.8, 4) is 11.3 Å². The summed E-state index contributed by atoms with van der Waals surface area (Å²) in [6, 6.07) is 12.8. The van der Waals surface area contributed by atoms with Gasteiger partial charge in [-0.1, -0.05) is 30.3 Å². The fourth-order valence-corrected chi connectivity index (χ4v) is 4.10. The Hall–Kier alpha value is -3.61. The molecule has 1 aromatic heterocycles. The van der Waals surface area contributed by atoms with E-state index in [0.29, 0.717) is 29.8 Å². The van der Waals surface area contributed by atoms with Gasteiger partial charge >= 0.3 is 0 Å². The minimum absolute atomic E-state index is 0.0575. The van der Waals surface area contributed by atoms with Crippen molar-refractivity contribution in [3.63, 3.8) is 0 Å². The van der Waals surface area contributed by atoms with Crippen LogP contribution in [0.25, 0.3) is 11.3 Å². The van der Waals surface area contributed by atoms with Crippen LogP contribution in [0.15, 0.2) is 48.5 Å². The fourth-order valence-electron chi connectivity index (χ4n) is 4.10. The maximum atomic E-state index is 14.4. The quantitative estimate of drug-likeness (QED) is 0.590. The number of likely N-dealkylation sites (N-methyl/N-ethyl adjacent to an activating group) is 1. The van der Waals surface area contributed by atoms with Gasteiger partial charge in [-0.15, -0.1) is 0 Å². The van der Waals surface area contributed by atoms with Crippen molar-refractivity contribution < 1.29 is 18.4 Å². The first kappa shape index (κ1) is 22.6. The number of hydrogen-bond donors (Lipinski definition) is 2. The standard InChI is InChI=1S/C26H25F2N3O2/c1-4-29-25(33)26(2,3)17-10-8-15(9-11-17)12-16-13-20(23-18(27)6-5-7-19(23)28)31-21-14-30-24(32)22(16)21/h5-11,13H,4,12,14H2,1-3H3,(H,29,33)(H,30,32). The molecule has 2 N–H and O–H groups in total. The van der Waals surface area contributed by atoms with E-state index in [-0.39, 0.29) is 29.6 Å². The van der Waals surface area contributed by atoms with Crippen LogP contribution in [0.4, 0.5) is 8.78 Å². The Morgan fingerprint density at radius 3 is 2.39 bits per heavy atom. The average Bonchev–Trinajstić information content (AvgIpc) is 3.15. The molecule has 2 heterocycles. The van der Waals surface area contributed by atoms with E-state index in [2.05, 4.69) is 15.6 Å². The van der Waals surface area contributed by atoms with E-state index < -0.39 is 17.0 Å². The van der Waals surface area contributed by atoms with Gasteiger partial charge in [0.2, 0.25) is 5.91 Å². The Morgan fingerprint density at radius 2 is 1.76 bits per heavy atom. The molecule has 2 aromatic carbocycles. The largest absolute Gasteiger partial charge is 0.356 e. The molecule has 0 unspecified atom stereocenters. The van der Waals surface area contributed by atoms with Gasteiger partial charge in [-0.3, -0.25) is 9.59 Å². The maximum absolute atomic E-state index is 14.4. The van der Waals surface area contributed by atoms with Crippen LogP contribution in [-0.4, -0.2) is 23.3 Å². The van der Waals surface area contributed by atoms with Gasteiger partial charge in [0.05, 0.1) is 34.5 Å². The smallest absolute Gasteiger partial charge is 0.253 e. The second kappa shape index (κ2) is 8.73. The third-order valence-electron chi connectivity index (χ3n) is 6.01. The Balaban J connectivity index is 1.71. The minimum atomic E-state index is -0.706. The summed E-state index contributed by atoms with van der Waals surface area (Å²) in [5.41, 5.74) is 2.59. The van der Waals surface area contributed by atoms with Crippen LogP contribution in [0.1, 0.15) is 53.5 Å². The maximum Gasteiger partial charge on any atom is 0.253 e. The summed E-state index contributed by atoms with van der Waals surface area (Å²) in [7, 11) is 0. The van der Waals surface area contributed by atoms with E-state index in [1.807, 2.05) is 45.0 Å². The van der Waals surface area contributed by atoms with Crippen LogP contribution in [-0.2, 0) is 23.2 Å². The molecule has 2 amide bonds. The molecule has 33 heavy (non-hydrogen) atoms. The molecule has 1 aliphatic rings. The summed E-state index contributed by atoms with van der Waals surface area (Å²) in [6.45, 7) is 6.37. The molecular weight excluding hydrogens is 424 g/mol. The molecule has 0 radical (unpaired) electrons. The van der Waals surface area contributed by atoms with E-state index in [1.165, 1.54) is 18.2 Å². The topological polar surface area (TPSA) is 71.1 Å². The number of pyridine rings is 1. The summed E-state index contributed by atoms with van der Waals surface area (Å²) in [4.78, 5) is 29.2. The number of benzene rings is 2. The summed E-state index contributed by atoms with van der Waals surface area (Å²) < 4.78 is 28.8. The first-order valence-electron chi connectivity index (χ1n) is 10.9. The molecule has 0 saturated carbocycles. The number of halogens is 2. The van der Waals surface area contributed by atoms with E-state index in [1.54, 1.807) is 6.07 Å². The summed E-state index contributed by atoms with van der Waals surface area (Å²) in [5, 5.41) is 5.59. The van der Waals surface area contributed by atoms with Crippen LogP contribution in [0.5, 0.6) is 0 Å². The summed E-state index contributed by atoms with van der Waals surface area (Å²) >= 11 is 0. The zero-order chi connectivity index (χ0) is 23.8. The molecule has 0 bridgehead atoms. The van der Waals surface area contributed by atoms with Crippen molar-refractivity contribution in [1.82, 2.24) is 15.6 Å². The van der Waals surface area contributed by atoms with Crippen molar-refractivity contribution in [2.75, 3.05) is 6.54 Å². The molecule has 0 spiro atoms. The van der Waals surface area contributed by atoms with Crippen molar-refractivity contribution in [3.05, 3.63) is 88.1 Å².